The highest BCUT2D eigenvalue weighted by Crippen LogP contribution is 2.30. The zero-order valence-corrected chi connectivity index (χ0v) is 13.1. The van der Waals surface area contributed by atoms with Gasteiger partial charge in [-0.15, -0.1) is 0 Å². The summed E-state index contributed by atoms with van der Waals surface area (Å²) in [6, 6.07) is 4.41. The zero-order valence-electron chi connectivity index (χ0n) is 12.3. The van der Waals surface area contributed by atoms with E-state index in [4.69, 9.17) is 4.74 Å². The lowest BCUT2D eigenvalue weighted by Gasteiger charge is -2.34. The van der Waals surface area contributed by atoms with Gasteiger partial charge in [0.1, 0.15) is 0 Å². The molecule has 8 heteroatoms. The summed E-state index contributed by atoms with van der Waals surface area (Å²) in [4.78, 5) is 0. The number of halogens is 3. The molecule has 1 heterocycles. The van der Waals surface area contributed by atoms with Gasteiger partial charge in [0.05, 0.1) is 23.5 Å². The molecule has 0 bridgehead atoms. The summed E-state index contributed by atoms with van der Waals surface area (Å²) in [5.41, 5.74) is -0.717. The summed E-state index contributed by atoms with van der Waals surface area (Å²) in [5, 5.41) is 0. The van der Waals surface area contributed by atoms with Crippen molar-refractivity contribution < 1.29 is 26.3 Å². The van der Waals surface area contributed by atoms with Crippen LogP contribution in [0.25, 0.3) is 0 Å². The Bertz CT molecular complexity index is 620. The predicted molar refractivity (Wildman–Crippen MR) is 75.6 cm³/mol. The molecule has 1 aliphatic rings. The van der Waals surface area contributed by atoms with E-state index < -0.39 is 27.5 Å². The minimum Gasteiger partial charge on any atom is -0.373 e. The molecule has 0 aromatic heterocycles. The van der Waals surface area contributed by atoms with E-state index >= 15 is 0 Å². The third-order valence-electron chi connectivity index (χ3n) is 3.38. The average molecular weight is 337 g/mol. The number of benzene rings is 1. The summed E-state index contributed by atoms with van der Waals surface area (Å²) < 4.78 is 69.6. The lowest BCUT2D eigenvalue weighted by atomic mass is 10.1. The first-order valence-corrected chi connectivity index (χ1v) is 8.48. The Morgan fingerprint density at radius 2 is 1.82 bits per heavy atom. The Morgan fingerprint density at radius 1 is 1.23 bits per heavy atom. The summed E-state index contributed by atoms with van der Waals surface area (Å²) in [7, 11) is -3.68. The van der Waals surface area contributed by atoms with Gasteiger partial charge in [0.2, 0.25) is 10.0 Å². The fourth-order valence-corrected chi connectivity index (χ4v) is 4.15. The standard InChI is InChI=1S/C14H18F3NO3S/c1-10-7-18(8-11(2)21-10)22(19,20)9-12-4-3-5-13(6-12)14(15,16)17/h3-6,10-11H,7-9H2,1-2H3/t10-,11-/m0/s1. The fraction of sp³-hybridized carbons (Fsp3) is 0.571. The zero-order chi connectivity index (χ0) is 16.5. The maximum Gasteiger partial charge on any atom is 0.416 e. The topological polar surface area (TPSA) is 46.6 Å². The van der Waals surface area contributed by atoms with Crippen LogP contribution < -0.4 is 0 Å². The van der Waals surface area contributed by atoms with Crippen molar-refractivity contribution in [2.24, 2.45) is 0 Å². The average Bonchev–Trinajstić information content (AvgIpc) is 2.36. The number of alkyl halides is 3. The van der Waals surface area contributed by atoms with E-state index in [1.807, 2.05) is 0 Å². The van der Waals surface area contributed by atoms with Crippen LogP contribution in [-0.2, 0) is 26.7 Å². The highest BCUT2D eigenvalue weighted by molar-refractivity contribution is 7.88. The second-order valence-electron chi connectivity index (χ2n) is 5.53. The monoisotopic (exact) mass is 337 g/mol. The molecule has 0 saturated carbocycles. The lowest BCUT2D eigenvalue weighted by Crippen LogP contribution is -2.48. The smallest absolute Gasteiger partial charge is 0.373 e. The van der Waals surface area contributed by atoms with Crippen LogP contribution in [0.5, 0.6) is 0 Å². The molecule has 0 N–H and O–H groups in total. The first-order valence-electron chi connectivity index (χ1n) is 6.87. The van der Waals surface area contributed by atoms with Crippen molar-refractivity contribution in [2.75, 3.05) is 13.1 Å². The van der Waals surface area contributed by atoms with Gasteiger partial charge in [0.25, 0.3) is 0 Å². The number of hydrogen-bond donors (Lipinski definition) is 0. The molecule has 4 nitrogen and oxygen atoms in total. The molecule has 0 radical (unpaired) electrons. The third-order valence-corrected chi connectivity index (χ3v) is 5.17. The number of nitrogens with zero attached hydrogens (tertiary/aromatic N) is 1. The predicted octanol–water partition coefficient (Wildman–Crippen LogP) is 2.64. The molecule has 0 unspecified atom stereocenters. The van der Waals surface area contributed by atoms with Crippen molar-refractivity contribution in [1.82, 2.24) is 4.31 Å². The van der Waals surface area contributed by atoms with Crippen molar-refractivity contribution in [3.05, 3.63) is 35.4 Å². The van der Waals surface area contributed by atoms with Gasteiger partial charge in [-0.3, -0.25) is 0 Å². The summed E-state index contributed by atoms with van der Waals surface area (Å²) >= 11 is 0. The van der Waals surface area contributed by atoms with Crippen molar-refractivity contribution in [3.63, 3.8) is 0 Å². The summed E-state index contributed by atoms with van der Waals surface area (Å²) in [6.45, 7) is 3.96. The third kappa shape index (κ3) is 4.21. The summed E-state index contributed by atoms with van der Waals surface area (Å²) in [6.07, 6.45) is -4.96. The highest BCUT2D eigenvalue weighted by Gasteiger charge is 2.33. The van der Waals surface area contributed by atoms with Gasteiger partial charge in [-0.1, -0.05) is 18.2 Å². The van der Waals surface area contributed by atoms with Crippen LogP contribution in [0.15, 0.2) is 24.3 Å². The van der Waals surface area contributed by atoms with Crippen LogP contribution in [0, 0.1) is 0 Å². The van der Waals surface area contributed by atoms with Crippen LogP contribution in [0.2, 0.25) is 0 Å². The molecule has 1 saturated heterocycles. The molecular formula is C14H18F3NO3S. The minimum absolute atomic E-state index is 0.127. The number of ether oxygens (including phenoxy) is 1. The van der Waals surface area contributed by atoms with Gasteiger partial charge >= 0.3 is 6.18 Å². The molecule has 22 heavy (non-hydrogen) atoms. The van der Waals surface area contributed by atoms with E-state index in [1.54, 1.807) is 13.8 Å². The first-order chi connectivity index (χ1) is 10.1. The van der Waals surface area contributed by atoms with E-state index in [0.717, 1.165) is 12.1 Å². The number of morpholine rings is 1. The van der Waals surface area contributed by atoms with Crippen molar-refractivity contribution in [1.29, 1.82) is 0 Å². The molecular weight excluding hydrogens is 319 g/mol. The Morgan fingerprint density at radius 3 is 2.36 bits per heavy atom. The largest absolute Gasteiger partial charge is 0.416 e. The quantitative estimate of drug-likeness (QED) is 0.852. The van der Waals surface area contributed by atoms with Crippen LogP contribution in [0.4, 0.5) is 13.2 Å². The normalized spacial score (nSPS) is 24.4. The number of hydrogen-bond acceptors (Lipinski definition) is 3. The van der Waals surface area contributed by atoms with Gasteiger partial charge in [-0.05, 0) is 25.5 Å². The van der Waals surface area contributed by atoms with Gasteiger partial charge in [0.15, 0.2) is 0 Å². The van der Waals surface area contributed by atoms with Crippen LogP contribution in [0.1, 0.15) is 25.0 Å². The van der Waals surface area contributed by atoms with Gasteiger partial charge in [0, 0.05) is 13.1 Å². The lowest BCUT2D eigenvalue weighted by molar-refractivity contribution is -0.137. The molecule has 0 amide bonds. The SMILES string of the molecule is C[C@H]1CN(S(=O)(=O)Cc2cccc(C(F)(F)F)c2)C[C@H](C)O1. The molecule has 1 aromatic rings. The van der Waals surface area contributed by atoms with Crippen molar-refractivity contribution in [2.45, 2.75) is 38.0 Å². The summed E-state index contributed by atoms with van der Waals surface area (Å²) in [5.74, 6) is -0.448. The molecule has 1 aromatic carbocycles. The Balaban J connectivity index is 2.18. The van der Waals surface area contributed by atoms with E-state index in [-0.39, 0.29) is 30.9 Å². The molecule has 1 aliphatic heterocycles. The Hall–Kier alpha value is -1.12. The van der Waals surface area contributed by atoms with Crippen LogP contribution in [-0.4, -0.2) is 38.0 Å². The second-order valence-corrected chi connectivity index (χ2v) is 7.50. The molecule has 2 atom stereocenters. The number of sulfonamides is 1. The maximum atomic E-state index is 12.7. The number of rotatable bonds is 3. The molecule has 1 fully saturated rings. The maximum absolute atomic E-state index is 12.7. The van der Waals surface area contributed by atoms with Gasteiger partial charge < -0.3 is 4.74 Å². The fourth-order valence-electron chi connectivity index (χ4n) is 2.50. The van der Waals surface area contributed by atoms with Crippen LogP contribution in [0.3, 0.4) is 0 Å². The van der Waals surface area contributed by atoms with Crippen molar-refractivity contribution >= 4 is 10.0 Å². The first kappa shape index (κ1) is 17.2. The van der Waals surface area contributed by atoms with Crippen LogP contribution >= 0.6 is 0 Å². The molecule has 0 spiro atoms. The van der Waals surface area contributed by atoms with Gasteiger partial charge in [-0.25, -0.2) is 8.42 Å². The second kappa shape index (κ2) is 6.17. The van der Waals surface area contributed by atoms with E-state index in [0.29, 0.717) is 0 Å². The van der Waals surface area contributed by atoms with E-state index in [2.05, 4.69) is 0 Å². The van der Waals surface area contributed by atoms with E-state index in [1.165, 1.54) is 16.4 Å². The molecule has 0 aliphatic carbocycles. The minimum atomic E-state index is -4.48. The molecule has 124 valence electrons. The Labute approximate surface area is 127 Å². The highest BCUT2D eigenvalue weighted by atomic mass is 32.2. The van der Waals surface area contributed by atoms with E-state index in [9.17, 15) is 21.6 Å². The van der Waals surface area contributed by atoms with Gasteiger partial charge in [-0.2, -0.15) is 17.5 Å². The molecule has 2 rings (SSSR count). The Kier molecular flexibility index (Phi) is 4.84. The van der Waals surface area contributed by atoms with Crippen molar-refractivity contribution in [3.8, 4) is 0 Å².